The molecule has 0 heterocycles. The van der Waals surface area contributed by atoms with Gasteiger partial charge in [0, 0.05) is 12.2 Å². The van der Waals surface area contributed by atoms with E-state index in [0.29, 0.717) is 18.7 Å². The average Bonchev–Trinajstić information content (AvgIpc) is 2.54. The lowest BCUT2D eigenvalue weighted by Gasteiger charge is -2.09. The summed E-state index contributed by atoms with van der Waals surface area (Å²) in [6.07, 6.45) is 0. The first kappa shape index (κ1) is 16.4. The molecule has 5 heteroatoms. The summed E-state index contributed by atoms with van der Waals surface area (Å²) in [4.78, 5) is 11.6. The minimum atomic E-state index is -0.298. The number of carbonyl (C=O) groups excluding carboxylic acids is 1. The Morgan fingerprint density at radius 1 is 1.18 bits per heavy atom. The second-order valence-corrected chi connectivity index (χ2v) is 5.47. The van der Waals surface area contributed by atoms with Crippen LogP contribution < -0.4 is 10.1 Å². The molecule has 0 aliphatic carbocycles. The van der Waals surface area contributed by atoms with Crippen LogP contribution in [0.5, 0.6) is 5.75 Å². The zero-order valence-electron chi connectivity index (χ0n) is 12.6. The van der Waals surface area contributed by atoms with Gasteiger partial charge in [-0.25, -0.2) is 4.79 Å². The lowest BCUT2D eigenvalue weighted by atomic mass is 10.2. The molecule has 116 valence electrons. The maximum Gasteiger partial charge on any atom is 0.338 e. The number of ether oxygens (including phenoxy) is 2. The van der Waals surface area contributed by atoms with Crippen LogP contribution in [0.3, 0.4) is 0 Å². The second-order valence-electron chi connectivity index (χ2n) is 4.62. The van der Waals surface area contributed by atoms with Crippen LogP contribution in [-0.2, 0) is 11.3 Å². The van der Waals surface area contributed by atoms with Crippen molar-refractivity contribution in [2.24, 2.45) is 0 Å². The van der Waals surface area contributed by atoms with Crippen LogP contribution in [0, 0.1) is 0 Å². The Bertz CT molecular complexity index is 641. The smallest absolute Gasteiger partial charge is 0.338 e. The lowest BCUT2D eigenvalue weighted by Crippen LogP contribution is -2.05. The van der Waals surface area contributed by atoms with Crippen LogP contribution in [0.25, 0.3) is 0 Å². The molecule has 22 heavy (non-hydrogen) atoms. The predicted molar refractivity (Wildman–Crippen MR) is 90.4 cm³/mol. The van der Waals surface area contributed by atoms with E-state index in [-0.39, 0.29) is 5.97 Å². The van der Waals surface area contributed by atoms with Crippen molar-refractivity contribution < 1.29 is 14.3 Å². The van der Waals surface area contributed by atoms with Crippen LogP contribution in [-0.4, -0.2) is 19.7 Å². The van der Waals surface area contributed by atoms with Crippen LogP contribution in [0.15, 0.2) is 46.9 Å². The fourth-order valence-corrected chi connectivity index (χ4v) is 2.55. The molecule has 0 amide bonds. The van der Waals surface area contributed by atoms with Crippen LogP contribution >= 0.6 is 15.9 Å². The van der Waals surface area contributed by atoms with Gasteiger partial charge in [-0.3, -0.25) is 0 Å². The quantitative estimate of drug-likeness (QED) is 0.779. The number of methoxy groups -OCH3 is 1. The van der Waals surface area contributed by atoms with Crippen molar-refractivity contribution in [3.8, 4) is 5.75 Å². The molecular formula is C17H18BrNO3. The van der Waals surface area contributed by atoms with E-state index in [1.165, 1.54) is 0 Å². The number of carbonyl (C=O) groups is 1. The van der Waals surface area contributed by atoms with Crippen molar-refractivity contribution in [1.29, 1.82) is 0 Å². The van der Waals surface area contributed by atoms with Crippen molar-refractivity contribution in [2.45, 2.75) is 13.5 Å². The first-order valence-corrected chi connectivity index (χ1v) is 7.76. The highest BCUT2D eigenvalue weighted by atomic mass is 79.9. The Kier molecular flexibility index (Phi) is 5.83. The van der Waals surface area contributed by atoms with Gasteiger partial charge in [0.2, 0.25) is 0 Å². The van der Waals surface area contributed by atoms with Crippen molar-refractivity contribution in [2.75, 3.05) is 19.0 Å². The Morgan fingerprint density at radius 3 is 2.50 bits per heavy atom. The van der Waals surface area contributed by atoms with Crippen LogP contribution in [0.1, 0.15) is 22.8 Å². The highest BCUT2D eigenvalue weighted by Crippen LogP contribution is 2.25. The third-order valence-electron chi connectivity index (χ3n) is 3.11. The third-order valence-corrected chi connectivity index (χ3v) is 3.73. The molecule has 0 saturated carbocycles. The summed E-state index contributed by atoms with van der Waals surface area (Å²) in [5.74, 6) is 0.510. The monoisotopic (exact) mass is 363 g/mol. The molecule has 4 nitrogen and oxygen atoms in total. The van der Waals surface area contributed by atoms with E-state index in [2.05, 4.69) is 21.2 Å². The van der Waals surface area contributed by atoms with Gasteiger partial charge in [0.15, 0.2) is 0 Å². The average molecular weight is 364 g/mol. The van der Waals surface area contributed by atoms with Gasteiger partial charge in [0.1, 0.15) is 5.75 Å². The number of rotatable bonds is 6. The first-order chi connectivity index (χ1) is 10.6. The number of esters is 1. The van der Waals surface area contributed by atoms with E-state index in [0.717, 1.165) is 21.5 Å². The Morgan fingerprint density at radius 2 is 1.91 bits per heavy atom. The van der Waals surface area contributed by atoms with Gasteiger partial charge in [0.25, 0.3) is 0 Å². The van der Waals surface area contributed by atoms with Crippen molar-refractivity contribution >= 4 is 27.6 Å². The summed E-state index contributed by atoms with van der Waals surface area (Å²) in [6, 6.07) is 13.2. The van der Waals surface area contributed by atoms with Crippen molar-refractivity contribution in [3.05, 3.63) is 58.1 Å². The molecule has 2 rings (SSSR count). The molecule has 0 bridgehead atoms. The van der Waals surface area contributed by atoms with Gasteiger partial charge in [-0.1, -0.05) is 6.07 Å². The normalized spacial score (nSPS) is 10.1. The van der Waals surface area contributed by atoms with E-state index in [1.54, 1.807) is 26.2 Å². The van der Waals surface area contributed by atoms with E-state index < -0.39 is 0 Å². The summed E-state index contributed by atoms with van der Waals surface area (Å²) >= 11 is 3.47. The molecule has 0 radical (unpaired) electrons. The largest absolute Gasteiger partial charge is 0.496 e. The third kappa shape index (κ3) is 4.24. The molecule has 0 spiro atoms. The number of nitrogens with one attached hydrogen (secondary N) is 1. The summed E-state index contributed by atoms with van der Waals surface area (Å²) in [5.41, 5.74) is 2.63. The molecule has 2 aromatic carbocycles. The number of hydrogen-bond acceptors (Lipinski definition) is 4. The molecule has 1 N–H and O–H groups in total. The zero-order valence-corrected chi connectivity index (χ0v) is 14.1. The van der Waals surface area contributed by atoms with E-state index in [4.69, 9.17) is 9.47 Å². The summed E-state index contributed by atoms with van der Waals surface area (Å²) in [5, 5.41) is 3.31. The maximum absolute atomic E-state index is 11.6. The Hall–Kier alpha value is -2.01. The number of benzene rings is 2. The van der Waals surface area contributed by atoms with Crippen molar-refractivity contribution in [3.63, 3.8) is 0 Å². The minimum absolute atomic E-state index is 0.298. The fourth-order valence-electron chi connectivity index (χ4n) is 1.96. The molecule has 0 aliphatic rings. The molecule has 0 fully saturated rings. The van der Waals surface area contributed by atoms with Gasteiger partial charge in [-0.15, -0.1) is 0 Å². The molecule has 0 atom stereocenters. The van der Waals surface area contributed by atoms with Gasteiger partial charge in [-0.05, 0) is 64.8 Å². The van der Waals surface area contributed by atoms with E-state index in [9.17, 15) is 4.79 Å². The first-order valence-electron chi connectivity index (χ1n) is 6.97. The van der Waals surface area contributed by atoms with Gasteiger partial charge in [0.05, 0.1) is 23.8 Å². The van der Waals surface area contributed by atoms with Crippen LogP contribution in [0.2, 0.25) is 0 Å². The highest BCUT2D eigenvalue weighted by molar-refractivity contribution is 9.10. The maximum atomic E-state index is 11.6. The standard InChI is InChI=1S/C17H18BrNO3/c1-3-22-17(20)13-5-7-14(8-6-13)19-11-12-4-9-16(21-2)15(18)10-12/h4-10,19H,3,11H2,1-2H3. The van der Waals surface area contributed by atoms with Crippen molar-refractivity contribution in [1.82, 2.24) is 0 Å². The minimum Gasteiger partial charge on any atom is -0.496 e. The Balaban J connectivity index is 1.97. The fraction of sp³-hybridized carbons (Fsp3) is 0.235. The topological polar surface area (TPSA) is 47.6 Å². The number of anilines is 1. The molecule has 0 unspecified atom stereocenters. The van der Waals surface area contributed by atoms with Crippen LogP contribution in [0.4, 0.5) is 5.69 Å². The van der Waals surface area contributed by atoms with E-state index in [1.807, 2.05) is 30.3 Å². The number of hydrogen-bond donors (Lipinski definition) is 1. The zero-order chi connectivity index (χ0) is 15.9. The van der Waals surface area contributed by atoms with Gasteiger partial charge in [-0.2, -0.15) is 0 Å². The highest BCUT2D eigenvalue weighted by Gasteiger charge is 2.06. The van der Waals surface area contributed by atoms with Gasteiger partial charge < -0.3 is 14.8 Å². The second kappa shape index (κ2) is 7.84. The summed E-state index contributed by atoms with van der Waals surface area (Å²) in [7, 11) is 1.64. The molecule has 0 aliphatic heterocycles. The molecule has 2 aromatic rings. The molecular weight excluding hydrogens is 346 g/mol. The number of halogens is 1. The molecule has 0 saturated heterocycles. The SMILES string of the molecule is CCOC(=O)c1ccc(NCc2ccc(OC)c(Br)c2)cc1. The Labute approximate surface area is 138 Å². The van der Waals surface area contributed by atoms with Gasteiger partial charge >= 0.3 is 5.97 Å². The molecule has 0 aromatic heterocycles. The predicted octanol–water partition coefficient (Wildman–Crippen LogP) is 4.25. The summed E-state index contributed by atoms with van der Waals surface area (Å²) < 4.78 is 11.1. The van der Waals surface area contributed by atoms with E-state index >= 15 is 0 Å². The summed E-state index contributed by atoms with van der Waals surface area (Å²) in [6.45, 7) is 2.85. The lowest BCUT2D eigenvalue weighted by molar-refractivity contribution is 0.0526.